The lowest BCUT2D eigenvalue weighted by atomic mass is 10.1. The van der Waals surface area contributed by atoms with E-state index in [1.807, 2.05) is 0 Å². The van der Waals surface area contributed by atoms with E-state index in [2.05, 4.69) is 31.5 Å². The summed E-state index contributed by atoms with van der Waals surface area (Å²) >= 11 is 0. The standard InChI is InChI=1S/C12H25NSi/c1-12(2)10-14(3,4)11-13-8-6-5-7-9-13/h1,5-11H2,2-4H3. The molecule has 0 spiro atoms. The summed E-state index contributed by atoms with van der Waals surface area (Å²) in [5.74, 6) is 0. The van der Waals surface area contributed by atoms with Crippen molar-refractivity contribution in [2.75, 3.05) is 19.3 Å². The molecule has 1 aliphatic rings. The number of piperidine rings is 1. The van der Waals surface area contributed by atoms with Gasteiger partial charge in [-0.05, 0) is 45.1 Å². The highest BCUT2D eigenvalue weighted by Gasteiger charge is 2.24. The van der Waals surface area contributed by atoms with Crippen molar-refractivity contribution in [1.82, 2.24) is 4.90 Å². The molecule has 0 aromatic rings. The second kappa shape index (κ2) is 5.13. The van der Waals surface area contributed by atoms with Crippen molar-refractivity contribution in [2.45, 2.75) is 45.3 Å². The molecule has 0 aromatic carbocycles. The molecule has 1 heterocycles. The van der Waals surface area contributed by atoms with Gasteiger partial charge in [-0.25, -0.2) is 0 Å². The minimum absolute atomic E-state index is 1.03. The van der Waals surface area contributed by atoms with Crippen molar-refractivity contribution in [3.63, 3.8) is 0 Å². The zero-order chi connectivity index (χ0) is 10.6. The molecule has 0 bridgehead atoms. The van der Waals surface area contributed by atoms with Gasteiger partial charge in [0.15, 0.2) is 0 Å². The van der Waals surface area contributed by atoms with Crippen molar-refractivity contribution in [2.24, 2.45) is 0 Å². The maximum atomic E-state index is 4.05. The van der Waals surface area contributed by atoms with Gasteiger partial charge in [0.25, 0.3) is 0 Å². The van der Waals surface area contributed by atoms with E-state index in [1.54, 1.807) is 0 Å². The van der Waals surface area contributed by atoms with Gasteiger partial charge in [-0.2, -0.15) is 0 Å². The molecule has 1 rings (SSSR count). The summed E-state index contributed by atoms with van der Waals surface area (Å²) in [5, 5.41) is 0. The molecule has 0 aliphatic carbocycles. The van der Waals surface area contributed by atoms with Crippen LogP contribution < -0.4 is 0 Å². The van der Waals surface area contributed by atoms with Crippen LogP contribution in [0.3, 0.4) is 0 Å². The van der Waals surface area contributed by atoms with Crippen molar-refractivity contribution < 1.29 is 0 Å². The largest absolute Gasteiger partial charge is 0.306 e. The first-order chi connectivity index (χ1) is 6.49. The van der Waals surface area contributed by atoms with Gasteiger partial charge in [0.05, 0.1) is 8.07 Å². The molecule has 0 amide bonds. The van der Waals surface area contributed by atoms with Gasteiger partial charge >= 0.3 is 0 Å². The Labute approximate surface area is 90.2 Å². The number of rotatable bonds is 4. The Morgan fingerprint density at radius 2 is 1.79 bits per heavy atom. The van der Waals surface area contributed by atoms with Crippen molar-refractivity contribution in [3.05, 3.63) is 12.2 Å². The molecule has 1 nitrogen and oxygen atoms in total. The molecule has 2 heteroatoms. The fraction of sp³-hybridized carbons (Fsp3) is 0.833. The molecule has 1 aliphatic heterocycles. The summed E-state index contributed by atoms with van der Waals surface area (Å²) in [7, 11) is -1.03. The Kier molecular flexibility index (Phi) is 4.39. The molecule has 0 radical (unpaired) electrons. The molecule has 1 fully saturated rings. The third kappa shape index (κ3) is 4.42. The summed E-state index contributed by atoms with van der Waals surface area (Å²) in [6.45, 7) is 13.9. The van der Waals surface area contributed by atoms with E-state index in [4.69, 9.17) is 0 Å². The summed E-state index contributed by atoms with van der Waals surface area (Å²) in [4.78, 5) is 2.68. The SMILES string of the molecule is C=C(C)C[Si](C)(C)CN1CCCCC1. The third-order valence-corrected chi connectivity index (χ3v) is 5.74. The van der Waals surface area contributed by atoms with Gasteiger partial charge in [-0.15, -0.1) is 6.58 Å². The molecular weight excluding hydrogens is 186 g/mol. The van der Waals surface area contributed by atoms with Crippen LogP contribution in [-0.2, 0) is 0 Å². The third-order valence-electron chi connectivity index (χ3n) is 2.88. The van der Waals surface area contributed by atoms with Gasteiger partial charge < -0.3 is 4.90 Å². The van der Waals surface area contributed by atoms with Crippen LogP contribution in [0.4, 0.5) is 0 Å². The Balaban J connectivity index is 2.36. The first-order valence-corrected chi connectivity index (χ1v) is 9.28. The van der Waals surface area contributed by atoms with Crippen LogP contribution in [0.2, 0.25) is 19.1 Å². The van der Waals surface area contributed by atoms with Crippen LogP contribution >= 0.6 is 0 Å². The molecule has 14 heavy (non-hydrogen) atoms. The Hall–Kier alpha value is -0.0831. The van der Waals surface area contributed by atoms with E-state index < -0.39 is 8.07 Å². The van der Waals surface area contributed by atoms with Gasteiger partial charge in [0.1, 0.15) is 0 Å². The lowest BCUT2D eigenvalue weighted by Crippen LogP contribution is -2.44. The van der Waals surface area contributed by atoms with Gasteiger partial charge in [-0.1, -0.05) is 25.1 Å². The quantitative estimate of drug-likeness (QED) is 0.509. The number of hydrogen-bond acceptors (Lipinski definition) is 1. The second-order valence-corrected chi connectivity index (χ2v) is 10.6. The first kappa shape index (κ1) is 12.0. The average molecular weight is 211 g/mol. The average Bonchev–Trinajstić information content (AvgIpc) is 2.02. The van der Waals surface area contributed by atoms with Crippen LogP contribution in [0.5, 0.6) is 0 Å². The van der Waals surface area contributed by atoms with Gasteiger partial charge in [-0.3, -0.25) is 0 Å². The Bertz CT molecular complexity index is 192. The highest BCUT2D eigenvalue weighted by atomic mass is 28.3. The number of likely N-dealkylation sites (tertiary alicyclic amines) is 1. The van der Waals surface area contributed by atoms with Gasteiger partial charge in [0.2, 0.25) is 0 Å². The van der Waals surface area contributed by atoms with Crippen molar-refractivity contribution in [1.29, 1.82) is 0 Å². The monoisotopic (exact) mass is 211 g/mol. The number of hydrogen-bond donors (Lipinski definition) is 0. The molecule has 0 N–H and O–H groups in total. The van der Waals surface area contributed by atoms with Crippen LogP contribution in [0.15, 0.2) is 12.2 Å². The normalized spacial score (nSPS) is 19.6. The minimum Gasteiger partial charge on any atom is -0.306 e. The maximum absolute atomic E-state index is 4.05. The zero-order valence-electron chi connectivity index (χ0n) is 10.1. The molecule has 0 aromatic heterocycles. The van der Waals surface area contributed by atoms with Crippen LogP contribution in [0.25, 0.3) is 0 Å². The first-order valence-electron chi connectivity index (χ1n) is 5.86. The zero-order valence-corrected chi connectivity index (χ0v) is 11.1. The van der Waals surface area contributed by atoms with Crippen LogP contribution in [0, 0.1) is 0 Å². The molecule has 1 saturated heterocycles. The van der Waals surface area contributed by atoms with E-state index in [-0.39, 0.29) is 0 Å². The van der Waals surface area contributed by atoms with Gasteiger partial charge in [0, 0.05) is 0 Å². The smallest absolute Gasteiger partial charge is 0.0669 e. The Morgan fingerprint density at radius 1 is 1.21 bits per heavy atom. The molecule has 82 valence electrons. The summed E-state index contributed by atoms with van der Waals surface area (Å²) in [6.07, 6.45) is 5.65. The second-order valence-electron chi connectivity index (χ2n) is 5.63. The predicted octanol–water partition coefficient (Wildman–Crippen LogP) is 3.30. The van der Waals surface area contributed by atoms with E-state index in [0.29, 0.717) is 0 Å². The summed E-state index contributed by atoms with van der Waals surface area (Å²) in [6, 6.07) is 1.30. The molecule has 0 unspecified atom stereocenters. The highest BCUT2D eigenvalue weighted by Crippen LogP contribution is 2.18. The molecular formula is C12H25NSi. The van der Waals surface area contributed by atoms with E-state index in [9.17, 15) is 0 Å². The fourth-order valence-corrected chi connectivity index (χ4v) is 5.87. The molecule has 0 atom stereocenters. The van der Waals surface area contributed by atoms with Crippen molar-refractivity contribution >= 4 is 8.07 Å². The lowest BCUT2D eigenvalue weighted by Gasteiger charge is -2.33. The maximum Gasteiger partial charge on any atom is 0.0669 e. The molecule has 0 saturated carbocycles. The van der Waals surface area contributed by atoms with E-state index in [1.165, 1.54) is 50.1 Å². The van der Waals surface area contributed by atoms with Crippen LogP contribution in [-0.4, -0.2) is 32.2 Å². The van der Waals surface area contributed by atoms with Crippen molar-refractivity contribution in [3.8, 4) is 0 Å². The van der Waals surface area contributed by atoms with E-state index in [0.717, 1.165) is 0 Å². The van der Waals surface area contributed by atoms with Crippen LogP contribution in [0.1, 0.15) is 26.2 Å². The predicted molar refractivity (Wildman–Crippen MR) is 67.4 cm³/mol. The number of allylic oxidation sites excluding steroid dienone is 1. The fourth-order valence-electron chi connectivity index (χ4n) is 2.60. The highest BCUT2D eigenvalue weighted by molar-refractivity contribution is 6.78. The topological polar surface area (TPSA) is 3.24 Å². The van der Waals surface area contributed by atoms with E-state index >= 15 is 0 Å². The lowest BCUT2D eigenvalue weighted by molar-refractivity contribution is 0.259. The summed E-state index contributed by atoms with van der Waals surface area (Å²) in [5.41, 5.74) is 1.37. The Morgan fingerprint density at radius 3 is 2.29 bits per heavy atom. The summed E-state index contributed by atoms with van der Waals surface area (Å²) < 4.78 is 0. The minimum atomic E-state index is -1.03. The number of nitrogens with zero attached hydrogens (tertiary/aromatic N) is 1.